The summed E-state index contributed by atoms with van der Waals surface area (Å²) in [5.74, 6) is 3.12. The van der Waals surface area contributed by atoms with Crippen molar-refractivity contribution in [2.75, 3.05) is 6.61 Å². The number of ether oxygens (including phenoxy) is 1. The quantitative estimate of drug-likeness (QED) is 0.525. The third kappa shape index (κ3) is 0.837. The van der Waals surface area contributed by atoms with Crippen LogP contribution in [0.5, 0.6) is 0 Å². The molecule has 0 aromatic rings. The van der Waals surface area contributed by atoms with Crippen molar-refractivity contribution < 1.29 is 4.74 Å². The highest BCUT2D eigenvalue weighted by atomic mass is 16.5. The molecular weight excluding hydrogens is 136 g/mol. The number of hydrogen-bond donors (Lipinski definition) is 0. The SMILES string of the molecule is C[C+](C)C1OCC2C1C2(C)C. The fourth-order valence-electron chi connectivity index (χ4n) is 2.54. The average molecular weight is 153 g/mol. The molecule has 0 spiro atoms. The van der Waals surface area contributed by atoms with E-state index in [-0.39, 0.29) is 0 Å². The Labute approximate surface area is 69.1 Å². The topological polar surface area (TPSA) is 9.23 Å². The van der Waals surface area contributed by atoms with Crippen molar-refractivity contribution in [1.82, 2.24) is 0 Å². The number of rotatable bonds is 1. The number of hydrogen-bond acceptors (Lipinski definition) is 1. The Morgan fingerprint density at radius 1 is 1.36 bits per heavy atom. The van der Waals surface area contributed by atoms with Crippen LogP contribution in [0.4, 0.5) is 0 Å². The van der Waals surface area contributed by atoms with E-state index in [1.165, 1.54) is 5.92 Å². The van der Waals surface area contributed by atoms with Crippen LogP contribution in [0, 0.1) is 23.2 Å². The molecule has 1 saturated carbocycles. The summed E-state index contributed by atoms with van der Waals surface area (Å²) in [5.41, 5.74) is 0.570. The van der Waals surface area contributed by atoms with E-state index in [1.807, 2.05) is 0 Å². The summed E-state index contributed by atoms with van der Waals surface area (Å²) < 4.78 is 5.67. The van der Waals surface area contributed by atoms with Crippen molar-refractivity contribution in [2.24, 2.45) is 17.3 Å². The van der Waals surface area contributed by atoms with Crippen molar-refractivity contribution in [3.05, 3.63) is 5.92 Å². The maximum Gasteiger partial charge on any atom is 0.202 e. The van der Waals surface area contributed by atoms with Gasteiger partial charge in [-0.15, -0.1) is 0 Å². The summed E-state index contributed by atoms with van der Waals surface area (Å²) in [7, 11) is 0. The molecule has 1 heteroatoms. The zero-order valence-electron chi connectivity index (χ0n) is 7.85. The fourth-order valence-corrected chi connectivity index (χ4v) is 2.54. The minimum Gasteiger partial charge on any atom is -0.337 e. The second-order valence-corrected chi connectivity index (χ2v) is 4.78. The van der Waals surface area contributed by atoms with E-state index in [4.69, 9.17) is 4.74 Å². The Balaban J connectivity index is 2.08. The van der Waals surface area contributed by atoms with Gasteiger partial charge in [0.15, 0.2) is 0 Å². The van der Waals surface area contributed by atoms with Crippen LogP contribution in [0.15, 0.2) is 0 Å². The monoisotopic (exact) mass is 153 g/mol. The van der Waals surface area contributed by atoms with Crippen LogP contribution in [-0.4, -0.2) is 12.7 Å². The first kappa shape index (κ1) is 7.48. The molecule has 62 valence electrons. The molecule has 0 N–H and O–H groups in total. The molecular formula is C10H17O+. The first-order chi connectivity index (χ1) is 5.05. The van der Waals surface area contributed by atoms with E-state index >= 15 is 0 Å². The third-order valence-electron chi connectivity index (χ3n) is 3.49. The van der Waals surface area contributed by atoms with Crippen LogP contribution in [-0.2, 0) is 4.74 Å². The average Bonchev–Trinajstić information content (AvgIpc) is 2.34. The molecule has 1 aliphatic carbocycles. The zero-order valence-corrected chi connectivity index (χ0v) is 7.85. The molecule has 0 amide bonds. The zero-order chi connectivity index (χ0) is 8.22. The van der Waals surface area contributed by atoms with E-state index in [1.54, 1.807) is 0 Å². The van der Waals surface area contributed by atoms with Crippen LogP contribution in [0.2, 0.25) is 0 Å². The number of fused-ring (bicyclic) bond motifs is 1. The van der Waals surface area contributed by atoms with Crippen molar-refractivity contribution in [2.45, 2.75) is 33.8 Å². The van der Waals surface area contributed by atoms with Crippen LogP contribution < -0.4 is 0 Å². The molecule has 0 aromatic carbocycles. The van der Waals surface area contributed by atoms with Crippen molar-refractivity contribution in [1.29, 1.82) is 0 Å². The summed E-state index contributed by atoms with van der Waals surface area (Å²) in [5, 5.41) is 0. The Kier molecular flexibility index (Phi) is 1.32. The first-order valence-corrected chi connectivity index (χ1v) is 4.47. The molecule has 2 aliphatic rings. The standard InChI is InChI=1S/C10H17O/c1-6(2)9-8-7(5-11-9)10(8,3)4/h7-9H,5H2,1-4H3/q+1. The summed E-state index contributed by atoms with van der Waals surface area (Å²) in [4.78, 5) is 0. The van der Waals surface area contributed by atoms with Gasteiger partial charge < -0.3 is 4.74 Å². The maximum absolute atomic E-state index is 5.67. The van der Waals surface area contributed by atoms with Gasteiger partial charge in [-0.2, -0.15) is 0 Å². The van der Waals surface area contributed by atoms with Gasteiger partial charge in [0.2, 0.25) is 6.10 Å². The molecule has 0 radical (unpaired) electrons. The Bertz CT molecular complexity index is 172. The minimum absolute atomic E-state index is 0.468. The highest BCUT2D eigenvalue weighted by molar-refractivity contribution is 5.17. The Morgan fingerprint density at radius 3 is 2.27 bits per heavy atom. The maximum atomic E-state index is 5.67. The van der Waals surface area contributed by atoms with Gasteiger partial charge in [-0.3, -0.25) is 0 Å². The third-order valence-corrected chi connectivity index (χ3v) is 3.49. The lowest BCUT2D eigenvalue weighted by Gasteiger charge is -2.13. The lowest BCUT2D eigenvalue weighted by molar-refractivity contribution is 0.0641. The second-order valence-electron chi connectivity index (χ2n) is 4.78. The van der Waals surface area contributed by atoms with E-state index in [0.29, 0.717) is 11.5 Å². The Hall–Kier alpha value is -0.170. The fraction of sp³-hybridized carbons (Fsp3) is 0.900. The summed E-state index contributed by atoms with van der Waals surface area (Å²) in [6.45, 7) is 10.1. The molecule has 3 atom stereocenters. The van der Waals surface area contributed by atoms with Crippen molar-refractivity contribution >= 4 is 0 Å². The van der Waals surface area contributed by atoms with E-state index in [0.717, 1.165) is 18.4 Å². The van der Waals surface area contributed by atoms with Crippen LogP contribution in [0.1, 0.15) is 27.7 Å². The van der Waals surface area contributed by atoms with Gasteiger partial charge in [0.1, 0.15) is 5.92 Å². The van der Waals surface area contributed by atoms with E-state index in [2.05, 4.69) is 27.7 Å². The first-order valence-electron chi connectivity index (χ1n) is 4.47. The molecule has 0 bridgehead atoms. The summed E-state index contributed by atoms with van der Waals surface area (Å²) in [6.07, 6.45) is 0.468. The van der Waals surface area contributed by atoms with Gasteiger partial charge in [-0.05, 0) is 11.3 Å². The van der Waals surface area contributed by atoms with E-state index in [9.17, 15) is 0 Å². The van der Waals surface area contributed by atoms with Crippen LogP contribution in [0.25, 0.3) is 0 Å². The van der Waals surface area contributed by atoms with Gasteiger partial charge in [0.05, 0.1) is 20.5 Å². The largest absolute Gasteiger partial charge is 0.337 e. The van der Waals surface area contributed by atoms with Gasteiger partial charge in [0.25, 0.3) is 0 Å². The predicted octanol–water partition coefficient (Wildman–Crippen LogP) is 2.27. The molecule has 1 aliphatic heterocycles. The summed E-state index contributed by atoms with van der Waals surface area (Å²) in [6, 6.07) is 0. The summed E-state index contributed by atoms with van der Waals surface area (Å²) >= 11 is 0. The molecule has 3 unspecified atom stereocenters. The minimum atomic E-state index is 0.468. The van der Waals surface area contributed by atoms with Crippen LogP contribution in [0.3, 0.4) is 0 Å². The lowest BCUT2D eigenvalue weighted by Crippen LogP contribution is -2.21. The smallest absolute Gasteiger partial charge is 0.202 e. The Morgan fingerprint density at radius 2 is 2.00 bits per heavy atom. The lowest BCUT2D eigenvalue weighted by atomic mass is 9.97. The second kappa shape index (κ2) is 1.95. The van der Waals surface area contributed by atoms with Gasteiger partial charge >= 0.3 is 0 Å². The van der Waals surface area contributed by atoms with Crippen molar-refractivity contribution in [3.63, 3.8) is 0 Å². The van der Waals surface area contributed by atoms with Crippen molar-refractivity contribution in [3.8, 4) is 0 Å². The molecule has 1 heterocycles. The highest BCUT2D eigenvalue weighted by Crippen LogP contribution is 2.65. The van der Waals surface area contributed by atoms with E-state index < -0.39 is 0 Å². The molecule has 11 heavy (non-hydrogen) atoms. The highest BCUT2D eigenvalue weighted by Gasteiger charge is 2.69. The molecule has 1 nitrogen and oxygen atoms in total. The van der Waals surface area contributed by atoms with Gasteiger partial charge in [0, 0.05) is 5.92 Å². The normalized spacial score (nSPS) is 45.3. The van der Waals surface area contributed by atoms with Gasteiger partial charge in [-0.25, -0.2) is 0 Å². The molecule has 2 fully saturated rings. The van der Waals surface area contributed by atoms with Gasteiger partial charge in [-0.1, -0.05) is 13.8 Å². The molecule has 0 aromatic heterocycles. The molecule has 2 rings (SSSR count). The molecule has 1 saturated heterocycles. The van der Waals surface area contributed by atoms with Crippen LogP contribution >= 0.6 is 0 Å². The predicted molar refractivity (Wildman–Crippen MR) is 45.1 cm³/mol.